The van der Waals surface area contributed by atoms with E-state index in [1.807, 2.05) is 0 Å². The predicted octanol–water partition coefficient (Wildman–Crippen LogP) is 0.175. The summed E-state index contributed by atoms with van der Waals surface area (Å²) in [5, 5.41) is 0. The second kappa shape index (κ2) is 1.01. The van der Waals surface area contributed by atoms with E-state index in [-0.39, 0.29) is 0 Å². The van der Waals surface area contributed by atoms with Gasteiger partial charge in [0.05, 0.1) is 0 Å². The third-order valence-corrected chi connectivity index (χ3v) is 0.927. The third kappa shape index (κ3) is 0.455. The maximum absolute atomic E-state index is 4.93. The van der Waals surface area contributed by atoms with Crippen LogP contribution in [0.15, 0.2) is 0 Å². The van der Waals surface area contributed by atoms with Crippen LogP contribution in [0, 0.1) is 0 Å². The standard InChI is InChI=1S/C3H7BO/c1-3-2-4-5-3/h3-4H,2H2,1H3. The molecule has 0 radical (unpaired) electrons. The second-order valence-corrected chi connectivity index (χ2v) is 1.47. The summed E-state index contributed by atoms with van der Waals surface area (Å²) in [7, 11) is 0.987. The van der Waals surface area contributed by atoms with Gasteiger partial charge in [0, 0.05) is 6.10 Å². The normalized spacial score (nSPS) is 35.0. The number of hydrogen-bond acceptors (Lipinski definition) is 1. The fourth-order valence-corrected chi connectivity index (χ4v) is 0.354. The summed E-state index contributed by atoms with van der Waals surface area (Å²) in [6.07, 6.45) is 1.83. The van der Waals surface area contributed by atoms with Gasteiger partial charge in [0.15, 0.2) is 0 Å². The van der Waals surface area contributed by atoms with Crippen LogP contribution in [-0.2, 0) is 4.65 Å². The molecule has 1 rings (SSSR count). The van der Waals surface area contributed by atoms with Crippen molar-refractivity contribution in [2.24, 2.45) is 0 Å². The van der Waals surface area contributed by atoms with Crippen molar-refractivity contribution in [3.8, 4) is 0 Å². The van der Waals surface area contributed by atoms with Crippen LogP contribution >= 0.6 is 0 Å². The lowest BCUT2D eigenvalue weighted by atomic mass is 9.84. The topological polar surface area (TPSA) is 9.23 Å². The summed E-state index contributed by atoms with van der Waals surface area (Å²) < 4.78 is 4.93. The molecule has 2 heteroatoms. The molecule has 1 atom stereocenters. The van der Waals surface area contributed by atoms with Crippen LogP contribution in [0.5, 0.6) is 0 Å². The van der Waals surface area contributed by atoms with Crippen molar-refractivity contribution < 1.29 is 4.65 Å². The zero-order valence-corrected chi connectivity index (χ0v) is 3.40. The Morgan fingerprint density at radius 1 is 2.00 bits per heavy atom. The molecule has 0 amide bonds. The van der Waals surface area contributed by atoms with Crippen molar-refractivity contribution in [3.05, 3.63) is 0 Å². The molecule has 1 saturated heterocycles. The minimum Gasteiger partial charge on any atom is -0.438 e. The van der Waals surface area contributed by atoms with E-state index in [0.717, 1.165) is 7.48 Å². The van der Waals surface area contributed by atoms with E-state index in [0.29, 0.717) is 6.10 Å². The van der Waals surface area contributed by atoms with Crippen LogP contribution in [0.2, 0.25) is 6.32 Å². The SMILES string of the molecule is CC1CBO1. The first-order valence-electron chi connectivity index (χ1n) is 2.01. The summed E-state index contributed by atoms with van der Waals surface area (Å²) in [5.74, 6) is 0. The van der Waals surface area contributed by atoms with E-state index in [1.165, 1.54) is 6.32 Å². The molecule has 1 aliphatic rings. The van der Waals surface area contributed by atoms with Crippen molar-refractivity contribution in [1.29, 1.82) is 0 Å². The number of hydrogen-bond donors (Lipinski definition) is 0. The molecule has 0 aromatic rings. The molecular formula is C3H7BO. The van der Waals surface area contributed by atoms with Crippen molar-refractivity contribution in [1.82, 2.24) is 0 Å². The summed E-state index contributed by atoms with van der Waals surface area (Å²) in [6.45, 7) is 2.09. The molecule has 1 aliphatic heterocycles. The Hall–Kier alpha value is 0.0249. The fourth-order valence-electron chi connectivity index (χ4n) is 0.354. The Morgan fingerprint density at radius 2 is 2.40 bits per heavy atom. The molecule has 0 bridgehead atoms. The summed E-state index contributed by atoms with van der Waals surface area (Å²) in [6, 6.07) is 0. The molecule has 0 aromatic heterocycles. The Morgan fingerprint density at radius 3 is 2.40 bits per heavy atom. The monoisotopic (exact) mass is 70.1 g/mol. The van der Waals surface area contributed by atoms with Gasteiger partial charge >= 0.3 is 0 Å². The number of rotatable bonds is 0. The van der Waals surface area contributed by atoms with Crippen molar-refractivity contribution in [3.63, 3.8) is 0 Å². The smallest absolute Gasteiger partial charge is 0.277 e. The molecule has 1 fully saturated rings. The first kappa shape index (κ1) is 3.22. The van der Waals surface area contributed by atoms with Crippen molar-refractivity contribution >= 4 is 7.48 Å². The fraction of sp³-hybridized carbons (Fsp3) is 1.00. The van der Waals surface area contributed by atoms with Gasteiger partial charge in [-0.15, -0.1) is 0 Å². The van der Waals surface area contributed by atoms with E-state index in [2.05, 4.69) is 6.92 Å². The van der Waals surface area contributed by atoms with Crippen LogP contribution < -0.4 is 0 Å². The average molecular weight is 69.9 g/mol. The van der Waals surface area contributed by atoms with Gasteiger partial charge in [-0.1, -0.05) is 0 Å². The lowest BCUT2D eigenvalue weighted by Gasteiger charge is -2.19. The highest BCUT2D eigenvalue weighted by Gasteiger charge is 2.11. The summed E-state index contributed by atoms with van der Waals surface area (Å²) in [5.41, 5.74) is 0. The van der Waals surface area contributed by atoms with E-state index in [4.69, 9.17) is 4.65 Å². The van der Waals surface area contributed by atoms with Gasteiger partial charge in [-0.2, -0.15) is 0 Å². The molecule has 0 aromatic carbocycles. The van der Waals surface area contributed by atoms with Gasteiger partial charge in [-0.25, -0.2) is 0 Å². The highest BCUT2D eigenvalue weighted by Crippen LogP contribution is 2.06. The average Bonchev–Trinajstić information content (AvgIpc) is 1.30. The maximum Gasteiger partial charge on any atom is 0.277 e. The van der Waals surface area contributed by atoms with Gasteiger partial charge in [0.1, 0.15) is 0 Å². The van der Waals surface area contributed by atoms with Gasteiger partial charge in [-0.05, 0) is 13.2 Å². The Kier molecular flexibility index (Phi) is 0.654. The maximum atomic E-state index is 4.93. The molecule has 1 heterocycles. The van der Waals surface area contributed by atoms with Gasteiger partial charge in [0.25, 0.3) is 7.48 Å². The molecule has 0 aliphatic carbocycles. The Bertz CT molecular complexity index is 33.9. The van der Waals surface area contributed by atoms with Gasteiger partial charge in [-0.3, -0.25) is 0 Å². The molecule has 0 saturated carbocycles. The lowest BCUT2D eigenvalue weighted by molar-refractivity contribution is 0.197. The molecule has 5 heavy (non-hydrogen) atoms. The first-order chi connectivity index (χ1) is 2.39. The van der Waals surface area contributed by atoms with E-state index >= 15 is 0 Å². The van der Waals surface area contributed by atoms with Crippen molar-refractivity contribution in [2.45, 2.75) is 19.3 Å². The summed E-state index contributed by atoms with van der Waals surface area (Å²) >= 11 is 0. The highest BCUT2D eigenvalue weighted by molar-refractivity contribution is 6.30. The molecular weight excluding hydrogens is 62.8 g/mol. The molecule has 1 unspecified atom stereocenters. The van der Waals surface area contributed by atoms with Gasteiger partial charge in [0.2, 0.25) is 0 Å². The molecule has 0 spiro atoms. The zero-order chi connectivity index (χ0) is 3.70. The molecule has 28 valence electrons. The van der Waals surface area contributed by atoms with Crippen LogP contribution in [0.4, 0.5) is 0 Å². The lowest BCUT2D eigenvalue weighted by Crippen LogP contribution is -2.24. The third-order valence-electron chi connectivity index (χ3n) is 0.927. The van der Waals surface area contributed by atoms with Gasteiger partial charge < -0.3 is 4.65 Å². The van der Waals surface area contributed by atoms with Crippen LogP contribution in [0.3, 0.4) is 0 Å². The second-order valence-electron chi connectivity index (χ2n) is 1.47. The van der Waals surface area contributed by atoms with Crippen LogP contribution in [-0.4, -0.2) is 13.6 Å². The van der Waals surface area contributed by atoms with E-state index in [1.54, 1.807) is 0 Å². The summed E-state index contributed by atoms with van der Waals surface area (Å²) in [4.78, 5) is 0. The van der Waals surface area contributed by atoms with Crippen molar-refractivity contribution in [2.75, 3.05) is 0 Å². The first-order valence-corrected chi connectivity index (χ1v) is 2.01. The molecule has 0 N–H and O–H groups in total. The van der Waals surface area contributed by atoms with Crippen LogP contribution in [0.1, 0.15) is 6.92 Å². The predicted molar refractivity (Wildman–Crippen MR) is 22.5 cm³/mol. The quantitative estimate of drug-likeness (QED) is 0.369. The Labute approximate surface area is 32.6 Å². The largest absolute Gasteiger partial charge is 0.438 e. The Balaban J connectivity index is 2.08. The zero-order valence-electron chi connectivity index (χ0n) is 3.40. The van der Waals surface area contributed by atoms with E-state index < -0.39 is 0 Å². The minimum absolute atomic E-state index is 0.565. The van der Waals surface area contributed by atoms with Crippen LogP contribution in [0.25, 0.3) is 0 Å². The van der Waals surface area contributed by atoms with E-state index in [9.17, 15) is 0 Å². The minimum atomic E-state index is 0.565. The highest BCUT2D eigenvalue weighted by atomic mass is 16.5. The molecule has 1 nitrogen and oxygen atoms in total.